The number of methoxy groups -OCH3 is 1. The number of benzene rings is 1. The lowest BCUT2D eigenvalue weighted by atomic mass is 10.2. The van der Waals surface area contributed by atoms with E-state index in [-0.39, 0.29) is 10.6 Å². The van der Waals surface area contributed by atoms with E-state index in [0.717, 1.165) is 5.56 Å². The lowest BCUT2D eigenvalue weighted by Gasteiger charge is -2.04. The Hall–Kier alpha value is -1.93. The van der Waals surface area contributed by atoms with Crippen molar-refractivity contribution in [3.63, 3.8) is 0 Å². The largest absolute Gasteiger partial charge is 0.464 e. The van der Waals surface area contributed by atoms with Crippen LogP contribution in [-0.2, 0) is 21.1 Å². The maximum atomic E-state index is 11.4. The highest BCUT2D eigenvalue weighted by Crippen LogP contribution is 2.17. The summed E-state index contributed by atoms with van der Waals surface area (Å²) < 4.78 is 27.3. The molecule has 0 unspecified atom stereocenters. The average Bonchev–Trinajstić information content (AvgIpc) is 2.92. The van der Waals surface area contributed by atoms with E-state index in [4.69, 9.17) is 0 Å². The Balaban J connectivity index is 2.00. The first-order chi connectivity index (χ1) is 9.90. The minimum absolute atomic E-state index is 0.262. The quantitative estimate of drug-likeness (QED) is 0.845. The number of carbonyl (C=O) groups excluding carboxylic acids is 1. The van der Waals surface area contributed by atoms with Crippen LogP contribution in [0.25, 0.3) is 0 Å². The number of aromatic nitrogens is 1. The smallest absolute Gasteiger partial charge is 0.357 e. The van der Waals surface area contributed by atoms with E-state index in [1.807, 2.05) is 0 Å². The Labute approximate surface area is 126 Å². The minimum Gasteiger partial charge on any atom is -0.464 e. The van der Waals surface area contributed by atoms with Gasteiger partial charge in [-0.15, -0.1) is 11.3 Å². The van der Waals surface area contributed by atoms with Crippen molar-refractivity contribution < 1.29 is 17.9 Å². The van der Waals surface area contributed by atoms with Crippen molar-refractivity contribution >= 4 is 32.3 Å². The maximum Gasteiger partial charge on any atom is 0.357 e. The molecule has 2 rings (SSSR count). The summed E-state index contributed by atoms with van der Waals surface area (Å²) in [5, 5.41) is 5.28. The van der Waals surface area contributed by atoms with Crippen LogP contribution in [0.15, 0.2) is 34.5 Å². The van der Waals surface area contributed by atoms with Gasteiger partial charge in [0.15, 0.2) is 20.7 Å². The molecule has 1 heterocycles. The zero-order valence-electron chi connectivity index (χ0n) is 11.5. The summed E-state index contributed by atoms with van der Waals surface area (Å²) in [5.74, 6) is -0.475. The molecule has 0 aliphatic heterocycles. The van der Waals surface area contributed by atoms with Gasteiger partial charge in [-0.1, -0.05) is 12.1 Å². The Bertz CT molecular complexity index is 736. The number of esters is 1. The van der Waals surface area contributed by atoms with Crippen LogP contribution >= 0.6 is 11.3 Å². The van der Waals surface area contributed by atoms with E-state index in [9.17, 15) is 13.2 Å². The van der Waals surface area contributed by atoms with Gasteiger partial charge in [0.05, 0.1) is 12.0 Å². The third kappa shape index (κ3) is 4.02. The number of thiazole rings is 1. The Morgan fingerprint density at radius 1 is 1.33 bits per heavy atom. The molecule has 1 aromatic carbocycles. The molecule has 0 aliphatic carbocycles. The molecule has 2 aromatic rings. The van der Waals surface area contributed by atoms with Crippen LogP contribution in [0.4, 0.5) is 5.13 Å². The number of rotatable bonds is 5. The normalized spacial score (nSPS) is 11.1. The number of nitrogens with one attached hydrogen (secondary N) is 1. The molecule has 0 amide bonds. The molecule has 0 atom stereocenters. The van der Waals surface area contributed by atoms with E-state index in [0.29, 0.717) is 11.7 Å². The van der Waals surface area contributed by atoms with Crippen LogP contribution in [0.2, 0.25) is 0 Å². The topological polar surface area (TPSA) is 85.4 Å². The minimum atomic E-state index is -3.18. The summed E-state index contributed by atoms with van der Waals surface area (Å²) in [7, 11) is -1.87. The summed E-state index contributed by atoms with van der Waals surface area (Å²) in [4.78, 5) is 15.6. The Morgan fingerprint density at radius 2 is 2.00 bits per heavy atom. The summed E-state index contributed by atoms with van der Waals surface area (Å²) in [6.45, 7) is 0.484. The third-order valence-corrected chi connectivity index (χ3v) is 4.62. The standard InChI is InChI=1S/C13H14N2O4S2/c1-19-12(16)11-8-20-13(15-11)14-7-9-3-5-10(6-4-9)21(2,17)18/h3-6,8H,7H2,1-2H3,(H,14,15). The van der Waals surface area contributed by atoms with Crippen molar-refractivity contribution in [1.82, 2.24) is 4.98 Å². The molecule has 1 N–H and O–H groups in total. The predicted molar refractivity (Wildman–Crippen MR) is 80.3 cm³/mol. The molecule has 1 aromatic heterocycles. The lowest BCUT2D eigenvalue weighted by molar-refractivity contribution is 0.0595. The highest BCUT2D eigenvalue weighted by Gasteiger charge is 2.10. The SMILES string of the molecule is COC(=O)c1csc(NCc2ccc(S(C)(=O)=O)cc2)n1. The first-order valence-electron chi connectivity index (χ1n) is 5.97. The molecule has 6 nitrogen and oxygen atoms in total. The van der Waals surface area contributed by atoms with E-state index < -0.39 is 15.8 Å². The lowest BCUT2D eigenvalue weighted by Crippen LogP contribution is -2.03. The Morgan fingerprint density at radius 3 is 2.57 bits per heavy atom. The highest BCUT2D eigenvalue weighted by atomic mass is 32.2. The van der Waals surface area contributed by atoms with Gasteiger partial charge < -0.3 is 10.1 Å². The molecular formula is C13H14N2O4S2. The van der Waals surface area contributed by atoms with Crippen LogP contribution in [-0.4, -0.2) is 32.7 Å². The Kier molecular flexibility index (Phi) is 4.59. The summed E-state index contributed by atoms with van der Waals surface area (Å²) in [6.07, 6.45) is 1.17. The van der Waals surface area contributed by atoms with E-state index in [1.165, 1.54) is 24.7 Å². The van der Waals surface area contributed by atoms with Crippen molar-refractivity contribution in [2.75, 3.05) is 18.7 Å². The monoisotopic (exact) mass is 326 g/mol. The van der Waals surface area contributed by atoms with Crippen molar-refractivity contribution in [3.05, 3.63) is 40.9 Å². The maximum absolute atomic E-state index is 11.4. The van der Waals surface area contributed by atoms with Crippen LogP contribution in [0.3, 0.4) is 0 Å². The van der Waals surface area contributed by atoms with Crippen molar-refractivity contribution in [3.8, 4) is 0 Å². The fourth-order valence-electron chi connectivity index (χ4n) is 1.59. The zero-order chi connectivity index (χ0) is 15.5. The van der Waals surface area contributed by atoms with Gasteiger partial charge in [0.25, 0.3) is 0 Å². The number of carbonyl (C=O) groups is 1. The summed E-state index contributed by atoms with van der Waals surface area (Å²) in [6, 6.07) is 6.60. The number of nitrogens with zero attached hydrogens (tertiary/aromatic N) is 1. The average molecular weight is 326 g/mol. The van der Waals surface area contributed by atoms with Gasteiger partial charge in [-0.2, -0.15) is 0 Å². The second-order valence-corrected chi connectivity index (χ2v) is 7.17. The molecule has 8 heteroatoms. The van der Waals surface area contributed by atoms with Gasteiger partial charge in [-0.25, -0.2) is 18.2 Å². The number of ether oxygens (including phenoxy) is 1. The fourth-order valence-corrected chi connectivity index (χ4v) is 2.89. The third-order valence-electron chi connectivity index (χ3n) is 2.69. The molecule has 112 valence electrons. The second kappa shape index (κ2) is 6.23. The van der Waals surface area contributed by atoms with Gasteiger partial charge in [0.1, 0.15) is 0 Å². The predicted octanol–water partition coefficient (Wildman–Crippen LogP) is 1.95. The highest BCUT2D eigenvalue weighted by molar-refractivity contribution is 7.90. The fraction of sp³-hybridized carbons (Fsp3) is 0.231. The number of sulfone groups is 1. The molecule has 0 saturated carbocycles. The molecule has 0 radical (unpaired) electrons. The van der Waals surface area contributed by atoms with Crippen LogP contribution < -0.4 is 5.32 Å². The molecule has 0 fully saturated rings. The molecule has 0 saturated heterocycles. The molecular weight excluding hydrogens is 312 g/mol. The van der Waals surface area contributed by atoms with E-state index >= 15 is 0 Å². The summed E-state index contributed by atoms with van der Waals surface area (Å²) in [5.41, 5.74) is 1.18. The second-order valence-electron chi connectivity index (χ2n) is 4.30. The number of anilines is 1. The van der Waals surface area contributed by atoms with Gasteiger partial charge in [-0.05, 0) is 17.7 Å². The van der Waals surface area contributed by atoms with Crippen LogP contribution in [0.5, 0.6) is 0 Å². The van der Waals surface area contributed by atoms with Gasteiger partial charge in [0, 0.05) is 18.2 Å². The van der Waals surface area contributed by atoms with Gasteiger partial charge in [-0.3, -0.25) is 0 Å². The van der Waals surface area contributed by atoms with E-state index in [2.05, 4.69) is 15.0 Å². The van der Waals surface area contributed by atoms with Crippen LogP contribution in [0.1, 0.15) is 16.1 Å². The van der Waals surface area contributed by atoms with Gasteiger partial charge in [0.2, 0.25) is 0 Å². The van der Waals surface area contributed by atoms with Crippen LogP contribution in [0, 0.1) is 0 Å². The summed E-state index contributed by atoms with van der Waals surface area (Å²) >= 11 is 1.30. The number of hydrogen-bond donors (Lipinski definition) is 1. The first-order valence-corrected chi connectivity index (χ1v) is 8.74. The number of hydrogen-bond acceptors (Lipinski definition) is 7. The van der Waals surface area contributed by atoms with Crippen molar-refractivity contribution in [2.45, 2.75) is 11.4 Å². The first kappa shape index (κ1) is 15.5. The van der Waals surface area contributed by atoms with Gasteiger partial charge >= 0.3 is 5.97 Å². The molecule has 21 heavy (non-hydrogen) atoms. The van der Waals surface area contributed by atoms with Crippen molar-refractivity contribution in [1.29, 1.82) is 0 Å². The van der Waals surface area contributed by atoms with E-state index in [1.54, 1.807) is 29.6 Å². The molecule has 0 spiro atoms. The molecule has 0 bridgehead atoms. The zero-order valence-corrected chi connectivity index (χ0v) is 13.1. The van der Waals surface area contributed by atoms with Crippen molar-refractivity contribution in [2.24, 2.45) is 0 Å². The molecule has 0 aliphatic rings.